The molecule has 0 fully saturated rings. The quantitative estimate of drug-likeness (QED) is 0.104. The Hall–Kier alpha value is -3.40. The van der Waals surface area contributed by atoms with Crippen LogP contribution in [0.5, 0.6) is 0 Å². The zero-order chi connectivity index (χ0) is 25.7. The maximum absolute atomic E-state index is 12.5. The molecular formula is C17H27N5O10S. The molecule has 4 amide bonds. The Morgan fingerprint density at radius 3 is 1.55 bits per heavy atom. The van der Waals surface area contributed by atoms with E-state index in [-0.39, 0.29) is 6.42 Å². The first kappa shape index (κ1) is 29.6. The first-order chi connectivity index (χ1) is 15.3. The topological polar surface area (TPSA) is 268 Å². The van der Waals surface area contributed by atoms with Crippen LogP contribution in [0.1, 0.15) is 25.7 Å². The van der Waals surface area contributed by atoms with Crippen LogP contribution in [0.4, 0.5) is 0 Å². The van der Waals surface area contributed by atoms with Crippen molar-refractivity contribution in [1.82, 2.24) is 16.0 Å². The second-order valence-corrected chi connectivity index (χ2v) is 7.76. The Morgan fingerprint density at radius 2 is 1.18 bits per heavy atom. The second kappa shape index (κ2) is 14.6. The van der Waals surface area contributed by atoms with E-state index < -0.39 is 85.0 Å². The van der Waals surface area contributed by atoms with Crippen LogP contribution in [0.3, 0.4) is 0 Å². The third-order valence-electron chi connectivity index (χ3n) is 4.01. The number of carbonyl (C=O) groups excluding carboxylic acids is 4. The molecule has 4 unspecified atom stereocenters. The monoisotopic (exact) mass is 493 g/mol. The Balaban J connectivity index is 5.52. The summed E-state index contributed by atoms with van der Waals surface area (Å²) in [6.45, 7) is 0. The molecule has 15 nitrogen and oxygen atoms in total. The average molecular weight is 493 g/mol. The maximum Gasteiger partial charge on any atom is 0.326 e. The van der Waals surface area contributed by atoms with E-state index >= 15 is 0 Å². The number of hydrogen-bond acceptors (Lipinski definition) is 9. The highest BCUT2D eigenvalue weighted by Gasteiger charge is 2.32. The zero-order valence-corrected chi connectivity index (χ0v) is 18.4. The van der Waals surface area contributed by atoms with Crippen molar-refractivity contribution in [3.05, 3.63) is 0 Å². The van der Waals surface area contributed by atoms with Gasteiger partial charge in [-0.3, -0.25) is 28.8 Å². The first-order valence-electron chi connectivity index (χ1n) is 9.38. The van der Waals surface area contributed by atoms with Crippen molar-refractivity contribution in [2.75, 3.05) is 12.0 Å². The molecule has 0 bridgehead atoms. The molecule has 4 atom stereocenters. The van der Waals surface area contributed by atoms with E-state index in [1.54, 1.807) is 6.26 Å². The standard InChI is InChI=1S/C17H27N5O10S/c1-33-3-2-8(17(31)32)20-15(29)10(6-13(26)27)22-16(30)9(5-12(24)25)21-14(28)7(18)4-11(19)23/h7-10H,2-6,18H2,1H3,(H2,19,23)(H,20,29)(H,21,28)(H,22,30)(H,24,25)(H,26,27)(H,31,32). The van der Waals surface area contributed by atoms with Crippen LogP contribution in [-0.2, 0) is 33.6 Å². The first-order valence-corrected chi connectivity index (χ1v) is 10.8. The lowest BCUT2D eigenvalue weighted by molar-refractivity contribution is -0.145. The molecule has 0 aliphatic heterocycles. The highest BCUT2D eigenvalue weighted by atomic mass is 32.2. The lowest BCUT2D eigenvalue weighted by Gasteiger charge is -2.23. The number of carboxylic acid groups (broad SMARTS) is 3. The molecule has 0 saturated carbocycles. The minimum absolute atomic E-state index is 0.0193. The van der Waals surface area contributed by atoms with Crippen LogP contribution in [0.25, 0.3) is 0 Å². The summed E-state index contributed by atoms with van der Waals surface area (Å²) in [5.41, 5.74) is 10.4. The smallest absolute Gasteiger partial charge is 0.326 e. The Morgan fingerprint density at radius 1 is 0.758 bits per heavy atom. The molecule has 0 aliphatic rings. The maximum atomic E-state index is 12.5. The summed E-state index contributed by atoms with van der Waals surface area (Å²) in [6, 6.07) is -6.42. The molecule has 16 heteroatoms. The largest absolute Gasteiger partial charge is 0.481 e. The summed E-state index contributed by atoms with van der Waals surface area (Å²) in [5.74, 6) is -8.44. The van der Waals surface area contributed by atoms with E-state index in [1.807, 2.05) is 10.6 Å². The summed E-state index contributed by atoms with van der Waals surface area (Å²) in [5, 5.41) is 33.4. The molecule has 0 rings (SSSR count). The molecule has 0 aromatic heterocycles. The normalized spacial score (nSPS) is 14.1. The number of nitrogens with one attached hydrogen (secondary N) is 3. The van der Waals surface area contributed by atoms with Gasteiger partial charge in [0.05, 0.1) is 25.3 Å². The number of nitrogens with two attached hydrogens (primary N) is 2. The number of hydrogen-bond donors (Lipinski definition) is 8. The molecule has 0 aliphatic carbocycles. The van der Waals surface area contributed by atoms with E-state index in [9.17, 15) is 38.7 Å². The molecule has 0 saturated heterocycles. The second-order valence-electron chi connectivity index (χ2n) is 6.78. The summed E-state index contributed by atoms with van der Waals surface area (Å²) in [6.07, 6.45) is -0.787. The van der Waals surface area contributed by atoms with Gasteiger partial charge in [-0.05, 0) is 18.4 Å². The molecule has 10 N–H and O–H groups in total. The van der Waals surface area contributed by atoms with Gasteiger partial charge in [-0.1, -0.05) is 0 Å². The SMILES string of the molecule is CSCCC(NC(=O)C(CC(=O)O)NC(=O)C(CC(=O)O)NC(=O)C(N)CC(N)=O)C(=O)O. The molecule has 0 aromatic carbocycles. The number of carboxylic acids is 3. The predicted molar refractivity (Wildman–Crippen MR) is 113 cm³/mol. The summed E-state index contributed by atoms with van der Waals surface area (Å²) in [7, 11) is 0. The third kappa shape index (κ3) is 12.3. The van der Waals surface area contributed by atoms with E-state index in [0.717, 1.165) is 0 Å². The van der Waals surface area contributed by atoms with E-state index in [4.69, 9.17) is 21.7 Å². The van der Waals surface area contributed by atoms with Crippen molar-refractivity contribution in [2.24, 2.45) is 11.5 Å². The molecular weight excluding hydrogens is 466 g/mol. The fourth-order valence-electron chi connectivity index (χ4n) is 2.39. The van der Waals surface area contributed by atoms with Gasteiger partial charge < -0.3 is 42.7 Å². The van der Waals surface area contributed by atoms with E-state index in [2.05, 4.69) is 5.32 Å². The van der Waals surface area contributed by atoms with Crippen LogP contribution < -0.4 is 27.4 Å². The molecule has 0 spiro atoms. The van der Waals surface area contributed by atoms with Crippen molar-refractivity contribution in [2.45, 2.75) is 49.9 Å². The van der Waals surface area contributed by atoms with Gasteiger partial charge in [0, 0.05) is 0 Å². The third-order valence-corrected chi connectivity index (χ3v) is 4.65. The van der Waals surface area contributed by atoms with Crippen LogP contribution >= 0.6 is 11.8 Å². The van der Waals surface area contributed by atoms with Gasteiger partial charge in [-0.2, -0.15) is 11.8 Å². The van der Waals surface area contributed by atoms with Crippen molar-refractivity contribution in [3.8, 4) is 0 Å². The van der Waals surface area contributed by atoms with Gasteiger partial charge in [-0.25, -0.2) is 4.79 Å². The zero-order valence-electron chi connectivity index (χ0n) is 17.6. The van der Waals surface area contributed by atoms with Crippen molar-refractivity contribution in [1.29, 1.82) is 0 Å². The Bertz CT molecular complexity index is 777. The Kier molecular flexibility index (Phi) is 13.1. The molecule has 0 heterocycles. The lowest BCUT2D eigenvalue weighted by Crippen LogP contribution is -2.58. The highest BCUT2D eigenvalue weighted by Crippen LogP contribution is 2.04. The van der Waals surface area contributed by atoms with Crippen LogP contribution in [-0.4, -0.2) is 93.0 Å². The van der Waals surface area contributed by atoms with Crippen LogP contribution in [0, 0.1) is 0 Å². The van der Waals surface area contributed by atoms with Crippen molar-refractivity contribution in [3.63, 3.8) is 0 Å². The van der Waals surface area contributed by atoms with Gasteiger partial charge in [0.1, 0.15) is 18.1 Å². The summed E-state index contributed by atoms with van der Waals surface area (Å²) in [4.78, 5) is 81.4. The number of amides is 4. The van der Waals surface area contributed by atoms with Gasteiger partial charge in [0.15, 0.2) is 0 Å². The minimum atomic E-state index is -1.79. The number of rotatable bonds is 16. The molecule has 0 aromatic rings. The van der Waals surface area contributed by atoms with E-state index in [1.165, 1.54) is 11.8 Å². The number of primary amides is 1. The number of thioether (sulfide) groups is 1. The fourth-order valence-corrected chi connectivity index (χ4v) is 2.87. The predicted octanol–water partition coefficient (Wildman–Crippen LogP) is -3.57. The average Bonchev–Trinajstić information content (AvgIpc) is 2.68. The van der Waals surface area contributed by atoms with Crippen LogP contribution in [0.2, 0.25) is 0 Å². The lowest BCUT2D eigenvalue weighted by atomic mass is 10.1. The highest BCUT2D eigenvalue weighted by molar-refractivity contribution is 7.98. The van der Waals surface area contributed by atoms with Gasteiger partial charge >= 0.3 is 17.9 Å². The summed E-state index contributed by atoms with van der Waals surface area (Å²) >= 11 is 1.31. The minimum Gasteiger partial charge on any atom is -0.481 e. The van der Waals surface area contributed by atoms with Gasteiger partial charge in [0.2, 0.25) is 23.6 Å². The Labute approximate surface area is 192 Å². The van der Waals surface area contributed by atoms with Crippen molar-refractivity contribution < 1.29 is 48.9 Å². The van der Waals surface area contributed by atoms with Gasteiger partial charge in [0.25, 0.3) is 0 Å². The summed E-state index contributed by atoms with van der Waals surface area (Å²) < 4.78 is 0. The van der Waals surface area contributed by atoms with Gasteiger partial charge in [-0.15, -0.1) is 0 Å². The van der Waals surface area contributed by atoms with E-state index in [0.29, 0.717) is 5.75 Å². The van der Waals surface area contributed by atoms with Crippen LogP contribution in [0.15, 0.2) is 0 Å². The van der Waals surface area contributed by atoms with Crippen molar-refractivity contribution >= 4 is 53.3 Å². The molecule has 186 valence electrons. The fraction of sp³-hybridized carbons (Fsp3) is 0.588. The number of carbonyl (C=O) groups is 7. The number of aliphatic carboxylic acids is 3. The molecule has 33 heavy (non-hydrogen) atoms. The molecule has 0 radical (unpaired) electrons.